The van der Waals surface area contributed by atoms with Gasteiger partial charge in [0.15, 0.2) is 0 Å². The van der Waals surface area contributed by atoms with Crippen LogP contribution >= 0.6 is 22.6 Å². The van der Waals surface area contributed by atoms with Crippen LogP contribution in [0.5, 0.6) is 0 Å². The van der Waals surface area contributed by atoms with Crippen molar-refractivity contribution >= 4 is 28.6 Å². The molecule has 1 N–H and O–H groups in total. The summed E-state index contributed by atoms with van der Waals surface area (Å²) in [6.07, 6.45) is 0. The first kappa shape index (κ1) is 9.16. The molecule has 0 fully saturated rings. The molecule has 0 heterocycles. The van der Waals surface area contributed by atoms with E-state index in [1.807, 2.05) is 22.6 Å². The highest BCUT2D eigenvalue weighted by atomic mass is 127. The average Bonchev–Trinajstić information content (AvgIpc) is 1.87. The van der Waals surface area contributed by atoms with Gasteiger partial charge in [-0.25, -0.2) is 0 Å². The quantitative estimate of drug-likeness (QED) is 0.442. The van der Waals surface area contributed by atoms with Gasteiger partial charge >= 0.3 is 5.97 Å². The first-order valence-corrected chi connectivity index (χ1v) is 3.88. The molecule has 3 nitrogen and oxygen atoms in total. The topological polar surface area (TPSA) is 46.5 Å². The van der Waals surface area contributed by atoms with Crippen molar-refractivity contribution in [2.24, 2.45) is 0 Å². The van der Waals surface area contributed by atoms with E-state index in [1.54, 1.807) is 6.92 Å². The number of alkyl halides is 1. The monoisotopic (exact) mass is 244 g/mol. The van der Waals surface area contributed by atoms with Crippen LogP contribution in [0.2, 0.25) is 0 Å². The molecular formula is C5H9IO3. The SMILES string of the molecule is CCOC(=O)C(I)CO. The maximum absolute atomic E-state index is 10.6. The van der Waals surface area contributed by atoms with Crippen molar-refractivity contribution in [2.75, 3.05) is 13.2 Å². The zero-order valence-corrected chi connectivity index (χ0v) is 7.29. The van der Waals surface area contributed by atoms with Crippen molar-refractivity contribution in [3.63, 3.8) is 0 Å². The molecule has 0 rings (SSSR count). The first-order valence-electron chi connectivity index (χ1n) is 2.64. The van der Waals surface area contributed by atoms with Gasteiger partial charge in [-0.2, -0.15) is 0 Å². The summed E-state index contributed by atoms with van der Waals surface area (Å²) in [7, 11) is 0. The molecule has 0 aliphatic heterocycles. The lowest BCUT2D eigenvalue weighted by Gasteiger charge is -2.03. The Balaban J connectivity index is 3.46. The first-order chi connectivity index (χ1) is 4.22. The van der Waals surface area contributed by atoms with Crippen LogP contribution in [0, 0.1) is 0 Å². The van der Waals surface area contributed by atoms with Crippen molar-refractivity contribution in [3.05, 3.63) is 0 Å². The number of halogens is 1. The second-order valence-electron chi connectivity index (χ2n) is 1.40. The number of carbonyl (C=O) groups excluding carboxylic acids is 1. The maximum Gasteiger partial charge on any atom is 0.321 e. The second kappa shape index (κ2) is 4.99. The lowest BCUT2D eigenvalue weighted by molar-refractivity contribution is -0.142. The lowest BCUT2D eigenvalue weighted by Crippen LogP contribution is -2.20. The predicted molar refractivity (Wildman–Crippen MR) is 41.5 cm³/mol. The maximum atomic E-state index is 10.6. The largest absolute Gasteiger partial charge is 0.465 e. The lowest BCUT2D eigenvalue weighted by atomic mass is 10.5. The molecule has 0 saturated carbocycles. The number of aliphatic hydroxyl groups is 1. The van der Waals surface area contributed by atoms with Gasteiger partial charge in [-0.05, 0) is 6.92 Å². The Bertz CT molecular complexity index is 94.2. The molecule has 4 heteroatoms. The van der Waals surface area contributed by atoms with Crippen LogP contribution in [0.3, 0.4) is 0 Å². The van der Waals surface area contributed by atoms with Gasteiger partial charge in [-0.3, -0.25) is 4.79 Å². The fraction of sp³-hybridized carbons (Fsp3) is 0.800. The summed E-state index contributed by atoms with van der Waals surface area (Å²) in [6, 6.07) is 0. The van der Waals surface area contributed by atoms with Gasteiger partial charge in [0.1, 0.15) is 3.92 Å². The Hall–Kier alpha value is 0.160. The number of aliphatic hydroxyl groups excluding tert-OH is 1. The molecular weight excluding hydrogens is 235 g/mol. The summed E-state index contributed by atoms with van der Waals surface area (Å²) in [5.41, 5.74) is 0. The molecule has 0 spiro atoms. The molecule has 9 heavy (non-hydrogen) atoms. The average molecular weight is 244 g/mol. The van der Waals surface area contributed by atoms with E-state index < -0.39 is 3.92 Å². The van der Waals surface area contributed by atoms with Crippen molar-refractivity contribution in [2.45, 2.75) is 10.8 Å². The Kier molecular flexibility index (Phi) is 5.07. The molecule has 0 bridgehead atoms. The Morgan fingerprint density at radius 3 is 2.78 bits per heavy atom. The smallest absolute Gasteiger partial charge is 0.321 e. The van der Waals surface area contributed by atoms with Gasteiger partial charge in [-0.15, -0.1) is 0 Å². The summed E-state index contributed by atoms with van der Waals surface area (Å²) < 4.78 is 4.17. The number of esters is 1. The molecule has 0 aromatic rings. The van der Waals surface area contributed by atoms with Crippen LogP contribution in [0.1, 0.15) is 6.92 Å². The summed E-state index contributed by atoms with van der Waals surface area (Å²) in [5, 5.41) is 8.42. The molecule has 0 amide bonds. The minimum atomic E-state index is -0.414. The molecule has 1 atom stereocenters. The zero-order valence-electron chi connectivity index (χ0n) is 5.13. The van der Waals surface area contributed by atoms with E-state index in [2.05, 4.69) is 4.74 Å². The molecule has 1 unspecified atom stereocenters. The van der Waals surface area contributed by atoms with Crippen LogP contribution in [0.25, 0.3) is 0 Å². The van der Waals surface area contributed by atoms with E-state index in [0.29, 0.717) is 6.61 Å². The molecule has 0 saturated heterocycles. The van der Waals surface area contributed by atoms with Gasteiger partial charge in [-0.1, -0.05) is 22.6 Å². The van der Waals surface area contributed by atoms with Gasteiger partial charge in [0.2, 0.25) is 0 Å². The van der Waals surface area contributed by atoms with E-state index in [4.69, 9.17) is 5.11 Å². The minimum Gasteiger partial charge on any atom is -0.465 e. The number of carbonyl (C=O) groups is 1. The van der Waals surface area contributed by atoms with Crippen LogP contribution in [0.15, 0.2) is 0 Å². The Labute approximate surface area is 67.5 Å². The van der Waals surface area contributed by atoms with E-state index in [1.165, 1.54) is 0 Å². The third kappa shape index (κ3) is 3.69. The minimum absolute atomic E-state index is 0.153. The number of hydrogen-bond acceptors (Lipinski definition) is 3. The molecule has 0 aliphatic rings. The highest BCUT2D eigenvalue weighted by Crippen LogP contribution is 2.00. The molecule has 0 radical (unpaired) electrons. The predicted octanol–water partition coefficient (Wildman–Crippen LogP) is 0.345. The van der Waals surface area contributed by atoms with Gasteiger partial charge in [0.25, 0.3) is 0 Å². The number of ether oxygens (including phenoxy) is 1. The normalized spacial score (nSPS) is 12.8. The molecule has 0 aliphatic carbocycles. The Morgan fingerprint density at radius 2 is 2.44 bits per heavy atom. The third-order valence-electron chi connectivity index (χ3n) is 0.703. The van der Waals surface area contributed by atoms with Crippen LogP contribution in [0.4, 0.5) is 0 Å². The van der Waals surface area contributed by atoms with Gasteiger partial charge in [0, 0.05) is 0 Å². The summed E-state index contributed by atoms with van der Waals surface area (Å²) >= 11 is 1.83. The van der Waals surface area contributed by atoms with E-state index >= 15 is 0 Å². The standard InChI is InChI=1S/C5H9IO3/c1-2-9-5(8)4(6)3-7/h4,7H,2-3H2,1H3. The molecule has 0 aromatic heterocycles. The van der Waals surface area contributed by atoms with Crippen molar-refractivity contribution in [1.29, 1.82) is 0 Å². The zero-order chi connectivity index (χ0) is 7.28. The van der Waals surface area contributed by atoms with Crippen LogP contribution < -0.4 is 0 Å². The Morgan fingerprint density at radius 1 is 1.89 bits per heavy atom. The van der Waals surface area contributed by atoms with Gasteiger partial charge in [0.05, 0.1) is 13.2 Å². The number of hydrogen-bond donors (Lipinski definition) is 1. The van der Waals surface area contributed by atoms with Crippen LogP contribution in [-0.2, 0) is 9.53 Å². The summed E-state index contributed by atoms with van der Waals surface area (Å²) in [6.45, 7) is 1.95. The fourth-order valence-electron chi connectivity index (χ4n) is 0.307. The van der Waals surface area contributed by atoms with Gasteiger partial charge < -0.3 is 9.84 Å². The number of rotatable bonds is 3. The van der Waals surface area contributed by atoms with Crippen molar-refractivity contribution in [3.8, 4) is 0 Å². The van der Waals surface area contributed by atoms with Crippen molar-refractivity contribution < 1.29 is 14.6 Å². The van der Waals surface area contributed by atoms with E-state index in [9.17, 15) is 4.79 Å². The fourth-order valence-corrected chi connectivity index (χ4v) is 0.487. The second-order valence-corrected chi connectivity index (χ2v) is 2.91. The van der Waals surface area contributed by atoms with E-state index in [-0.39, 0.29) is 12.6 Å². The summed E-state index contributed by atoms with van der Waals surface area (Å²) in [4.78, 5) is 10.6. The highest BCUT2D eigenvalue weighted by Gasteiger charge is 2.12. The third-order valence-corrected chi connectivity index (χ3v) is 1.61. The molecule has 0 aromatic carbocycles. The highest BCUT2D eigenvalue weighted by molar-refractivity contribution is 14.1. The van der Waals surface area contributed by atoms with Crippen molar-refractivity contribution in [1.82, 2.24) is 0 Å². The summed E-state index contributed by atoms with van der Waals surface area (Å²) in [5.74, 6) is -0.347. The van der Waals surface area contributed by atoms with Crippen LogP contribution in [-0.4, -0.2) is 28.2 Å². The molecule has 54 valence electrons. The van der Waals surface area contributed by atoms with E-state index in [0.717, 1.165) is 0 Å².